The van der Waals surface area contributed by atoms with Gasteiger partial charge in [0, 0.05) is 19.1 Å². The van der Waals surface area contributed by atoms with Gasteiger partial charge in [0.2, 0.25) is 0 Å². The molecule has 0 aromatic heterocycles. The minimum atomic E-state index is -0.854. The molecule has 1 aliphatic rings. The molecule has 1 heterocycles. The number of hydrogen-bond acceptors (Lipinski definition) is 4. The standard InChI is InChI=1S/C16H30N2O4/c1-7-11(2)12(3)17-16(8-13(19)20)9-18(10-16)14(21)22-15(4,5)6/h11-12,17H,7-10H2,1-6H3,(H,19,20). The van der Waals surface area contributed by atoms with E-state index in [-0.39, 0.29) is 18.6 Å². The van der Waals surface area contributed by atoms with Gasteiger partial charge < -0.3 is 20.1 Å². The fourth-order valence-electron chi connectivity index (χ4n) is 2.66. The van der Waals surface area contributed by atoms with Gasteiger partial charge in [-0.25, -0.2) is 4.79 Å². The van der Waals surface area contributed by atoms with Crippen molar-refractivity contribution in [3.8, 4) is 0 Å². The zero-order chi connectivity index (χ0) is 17.1. The highest BCUT2D eigenvalue weighted by molar-refractivity contribution is 5.73. The minimum absolute atomic E-state index is 0.00702. The normalized spacial score (nSPS) is 20.0. The van der Waals surface area contributed by atoms with Crippen LogP contribution in [0, 0.1) is 5.92 Å². The van der Waals surface area contributed by atoms with E-state index in [0.717, 1.165) is 6.42 Å². The van der Waals surface area contributed by atoms with Gasteiger partial charge in [0.05, 0.1) is 12.0 Å². The number of rotatable bonds is 6. The van der Waals surface area contributed by atoms with Gasteiger partial charge in [-0.1, -0.05) is 20.3 Å². The lowest BCUT2D eigenvalue weighted by Gasteiger charge is -2.51. The molecule has 0 aliphatic carbocycles. The van der Waals surface area contributed by atoms with Crippen LogP contribution in [0.1, 0.15) is 54.4 Å². The van der Waals surface area contributed by atoms with Crippen LogP contribution in [0.2, 0.25) is 0 Å². The molecule has 128 valence electrons. The van der Waals surface area contributed by atoms with Crippen LogP contribution in [0.15, 0.2) is 0 Å². The Morgan fingerprint density at radius 2 is 1.86 bits per heavy atom. The second-order valence-electron chi connectivity index (χ2n) is 7.51. The second kappa shape index (κ2) is 6.86. The summed E-state index contributed by atoms with van der Waals surface area (Å²) in [5.41, 5.74) is -1.09. The lowest BCUT2D eigenvalue weighted by molar-refractivity contribution is -0.141. The van der Waals surface area contributed by atoms with Crippen molar-refractivity contribution < 1.29 is 19.4 Å². The van der Waals surface area contributed by atoms with Gasteiger partial charge in [0.25, 0.3) is 0 Å². The quantitative estimate of drug-likeness (QED) is 0.787. The highest BCUT2D eigenvalue weighted by Gasteiger charge is 2.48. The third-order valence-electron chi connectivity index (χ3n) is 4.16. The molecule has 2 unspecified atom stereocenters. The van der Waals surface area contributed by atoms with E-state index in [1.54, 1.807) is 4.90 Å². The fourth-order valence-corrected chi connectivity index (χ4v) is 2.66. The van der Waals surface area contributed by atoms with Crippen LogP contribution in [0.5, 0.6) is 0 Å². The van der Waals surface area contributed by atoms with Crippen molar-refractivity contribution in [1.82, 2.24) is 10.2 Å². The van der Waals surface area contributed by atoms with Crippen LogP contribution in [-0.2, 0) is 9.53 Å². The summed E-state index contributed by atoms with van der Waals surface area (Å²) in [6.45, 7) is 12.5. The zero-order valence-corrected chi connectivity index (χ0v) is 14.6. The number of nitrogens with one attached hydrogen (secondary N) is 1. The monoisotopic (exact) mass is 314 g/mol. The average Bonchev–Trinajstić information content (AvgIpc) is 2.30. The van der Waals surface area contributed by atoms with Crippen molar-refractivity contribution in [2.24, 2.45) is 5.92 Å². The SMILES string of the molecule is CCC(C)C(C)NC1(CC(=O)O)CN(C(=O)OC(C)(C)C)C1. The molecule has 0 aromatic rings. The Kier molecular flexibility index (Phi) is 5.84. The van der Waals surface area contributed by atoms with Gasteiger partial charge in [-0.15, -0.1) is 0 Å². The maximum atomic E-state index is 12.0. The van der Waals surface area contributed by atoms with Crippen molar-refractivity contribution in [2.45, 2.75) is 71.6 Å². The van der Waals surface area contributed by atoms with Crippen molar-refractivity contribution in [3.63, 3.8) is 0 Å². The first kappa shape index (κ1) is 18.7. The molecule has 0 radical (unpaired) electrons. The van der Waals surface area contributed by atoms with Gasteiger partial charge in [-0.05, 0) is 33.6 Å². The van der Waals surface area contributed by atoms with E-state index in [0.29, 0.717) is 19.0 Å². The van der Waals surface area contributed by atoms with E-state index < -0.39 is 17.1 Å². The summed E-state index contributed by atoms with van der Waals surface area (Å²) in [5.74, 6) is -0.408. The zero-order valence-electron chi connectivity index (χ0n) is 14.6. The van der Waals surface area contributed by atoms with Gasteiger partial charge in [0.1, 0.15) is 5.60 Å². The number of aliphatic carboxylic acids is 1. The van der Waals surface area contributed by atoms with Gasteiger partial charge in [0.15, 0.2) is 0 Å². The summed E-state index contributed by atoms with van der Waals surface area (Å²) < 4.78 is 5.33. The Morgan fingerprint density at radius 3 is 2.27 bits per heavy atom. The molecular weight excluding hydrogens is 284 g/mol. The molecule has 0 bridgehead atoms. The third-order valence-corrected chi connectivity index (χ3v) is 4.16. The lowest BCUT2D eigenvalue weighted by Crippen LogP contribution is -2.73. The Balaban J connectivity index is 2.67. The Morgan fingerprint density at radius 1 is 1.32 bits per heavy atom. The number of amides is 1. The van der Waals surface area contributed by atoms with E-state index in [1.807, 2.05) is 20.8 Å². The maximum absolute atomic E-state index is 12.0. The molecule has 6 nitrogen and oxygen atoms in total. The van der Waals surface area contributed by atoms with Crippen molar-refractivity contribution >= 4 is 12.1 Å². The summed E-state index contributed by atoms with van der Waals surface area (Å²) in [6.07, 6.45) is 0.645. The Bertz CT molecular complexity index is 411. The molecule has 0 aromatic carbocycles. The average molecular weight is 314 g/mol. The van der Waals surface area contributed by atoms with Gasteiger partial charge in [-0.2, -0.15) is 0 Å². The molecule has 2 atom stereocenters. The Labute approximate surface area is 133 Å². The molecular formula is C16H30N2O4. The predicted octanol–water partition coefficient (Wildman–Crippen LogP) is 2.47. The molecule has 2 N–H and O–H groups in total. The van der Waals surface area contributed by atoms with Crippen LogP contribution in [0.3, 0.4) is 0 Å². The van der Waals surface area contributed by atoms with E-state index in [2.05, 4.69) is 26.1 Å². The van der Waals surface area contributed by atoms with Crippen LogP contribution >= 0.6 is 0 Å². The number of likely N-dealkylation sites (tertiary alicyclic amines) is 1. The summed E-state index contributed by atoms with van der Waals surface area (Å²) in [6, 6.07) is 0.199. The maximum Gasteiger partial charge on any atom is 0.410 e. The first-order chi connectivity index (χ1) is 9.98. The highest BCUT2D eigenvalue weighted by Crippen LogP contribution is 2.28. The number of hydrogen-bond donors (Lipinski definition) is 2. The largest absolute Gasteiger partial charge is 0.481 e. The summed E-state index contributed by atoms with van der Waals surface area (Å²) >= 11 is 0. The van der Waals surface area contributed by atoms with Gasteiger partial charge >= 0.3 is 12.1 Å². The lowest BCUT2D eigenvalue weighted by atomic mass is 9.84. The first-order valence-corrected chi connectivity index (χ1v) is 7.95. The summed E-state index contributed by atoms with van der Waals surface area (Å²) in [7, 11) is 0. The van der Waals surface area contributed by atoms with Crippen LogP contribution in [0.25, 0.3) is 0 Å². The predicted molar refractivity (Wildman–Crippen MR) is 84.8 cm³/mol. The van der Waals surface area contributed by atoms with Crippen LogP contribution in [0.4, 0.5) is 4.79 Å². The smallest absolute Gasteiger partial charge is 0.410 e. The number of ether oxygens (including phenoxy) is 1. The number of carboxylic acids is 1. The molecule has 1 fully saturated rings. The molecule has 1 saturated heterocycles. The minimum Gasteiger partial charge on any atom is -0.481 e. The summed E-state index contributed by atoms with van der Waals surface area (Å²) in [4.78, 5) is 24.7. The van der Waals surface area contributed by atoms with Crippen molar-refractivity contribution in [3.05, 3.63) is 0 Å². The number of carboxylic acid groups (broad SMARTS) is 1. The van der Waals surface area contributed by atoms with Crippen molar-refractivity contribution in [1.29, 1.82) is 0 Å². The van der Waals surface area contributed by atoms with E-state index >= 15 is 0 Å². The van der Waals surface area contributed by atoms with Crippen molar-refractivity contribution in [2.75, 3.05) is 13.1 Å². The molecule has 6 heteroatoms. The second-order valence-corrected chi connectivity index (χ2v) is 7.51. The topological polar surface area (TPSA) is 78.9 Å². The fraction of sp³-hybridized carbons (Fsp3) is 0.875. The van der Waals surface area contributed by atoms with E-state index in [9.17, 15) is 9.59 Å². The summed E-state index contributed by atoms with van der Waals surface area (Å²) in [5, 5.41) is 12.6. The van der Waals surface area contributed by atoms with Crippen LogP contribution in [-0.4, -0.2) is 52.3 Å². The number of carbonyl (C=O) groups is 2. The molecule has 22 heavy (non-hydrogen) atoms. The molecule has 0 saturated carbocycles. The first-order valence-electron chi connectivity index (χ1n) is 7.95. The van der Waals surface area contributed by atoms with Gasteiger partial charge in [-0.3, -0.25) is 4.79 Å². The highest BCUT2D eigenvalue weighted by atomic mass is 16.6. The molecule has 1 aliphatic heterocycles. The van der Waals surface area contributed by atoms with Crippen LogP contribution < -0.4 is 5.32 Å². The Hall–Kier alpha value is -1.30. The third kappa shape index (κ3) is 5.16. The molecule has 1 amide bonds. The van der Waals surface area contributed by atoms with E-state index in [1.165, 1.54) is 0 Å². The number of nitrogens with zero attached hydrogens (tertiary/aromatic N) is 1. The van der Waals surface area contributed by atoms with E-state index in [4.69, 9.17) is 9.84 Å². The molecule has 0 spiro atoms. The molecule has 1 rings (SSSR count). The number of carbonyl (C=O) groups excluding carboxylic acids is 1.